The Morgan fingerprint density at radius 1 is 1.47 bits per heavy atom. The lowest BCUT2D eigenvalue weighted by Crippen LogP contribution is -2.23. The Balaban J connectivity index is 2.16. The molecule has 0 aromatic heterocycles. The molecule has 1 aromatic carbocycles. The third-order valence-corrected chi connectivity index (χ3v) is 2.55. The fourth-order valence-electron chi connectivity index (χ4n) is 1.73. The van der Waals surface area contributed by atoms with Crippen LogP contribution in [-0.2, 0) is 4.74 Å². The first-order valence-corrected chi connectivity index (χ1v) is 5.16. The van der Waals surface area contributed by atoms with Crippen LogP contribution in [0.15, 0.2) is 24.3 Å². The van der Waals surface area contributed by atoms with Crippen molar-refractivity contribution in [1.29, 1.82) is 0 Å². The highest BCUT2D eigenvalue weighted by atomic mass is 16.5. The summed E-state index contributed by atoms with van der Waals surface area (Å²) in [6.07, 6.45) is -0.0184. The van der Waals surface area contributed by atoms with Crippen LogP contribution < -0.4 is 10.1 Å². The van der Waals surface area contributed by atoms with Crippen LogP contribution in [0.1, 0.15) is 25.6 Å². The predicted octanol–water partition coefficient (Wildman–Crippen LogP) is 2.09. The van der Waals surface area contributed by atoms with Crippen LogP contribution in [0.5, 0.6) is 5.75 Å². The first-order valence-electron chi connectivity index (χ1n) is 5.16. The van der Waals surface area contributed by atoms with Gasteiger partial charge in [0.1, 0.15) is 12.0 Å². The molecule has 3 nitrogen and oxygen atoms in total. The van der Waals surface area contributed by atoms with Gasteiger partial charge in [-0.3, -0.25) is 5.32 Å². The van der Waals surface area contributed by atoms with E-state index in [4.69, 9.17) is 9.47 Å². The molecule has 1 fully saturated rings. The van der Waals surface area contributed by atoms with Gasteiger partial charge in [0.2, 0.25) is 0 Å². The van der Waals surface area contributed by atoms with E-state index in [1.54, 1.807) is 7.11 Å². The smallest absolute Gasteiger partial charge is 0.135 e. The summed E-state index contributed by atoms with van der Waals surface area (Å²) in [7, 11) is 1.67. The number of rotatable bonds is 2. The molecule has 1 atom stereocenters. The Labute approximate surface area is 90.4 Å². The Hall–Kier alpha value is -1.06. The molecular weight excluding hydrogens is 190 g/mol. The quantitative estimate of drug-likeness (QED) is 0.805. The van der Waals surface area contributed by atoms with E-state index in [1.807, 2.05) is 24.3 Å². The molecule has 0 aliphatic carbocycles. The summed E-state index contributed by atoms with van der Waals surface area (Å²) in [4.78, 5) is 0. The second kappa shape index (κ2) is 3.83. The Bertz CT molecular complexity index is 349. The number of nitrogens with one attached hydrogen (secondary N) is 1. The van der Waals surface area contributed by atoms with Gasteiger partial charge in [-0.25, -0.2) is 0 Å². The van der Waals surface area contributed by atoms with Gasteiger partial charge in [-0.05, 0) is 31.5 Å². The molecule has 0 saturated carbocycles. The summed E-state index contributed by atoms with van der Waals surface area (Å²) in [5.41, 5.74) is 1.02. The minimum atomic E-state index is -0.0895. The van der Waals surface area contributed by atoms with Gasteiger partial charge in [0.05, 0.1) is 12.7 Å². The number of hydrogen-bond donors (Lipinski definition) is 1. The van der Waals surface area contributed by atoms with Crippen molar-refractivity contribution in [2.75, 3.05) is 13.7 Å². The lowest BCUT2D eigenvalue weighted by molar-refractivity contribution is -0.0156. The average molecular weight is 207 g/mol. The monoisotopic (exact) mass is 207 g/mol. The van der Waals surface area contributed by atoms with Crippen LogP contribution in [0, 0.1) is 0 Å². The normalized spacial score (nSPS) is 24.1. The Morgan fingerprint density at radius 3 is 2.87 bits per heavy atom. The third-order valence-electron chi connectivity index (χ3n) is 2.55. The van der Waals surface area contributed by atoms with Crippen LogP contribution in [-0.4, -0.2) is 19.3 Å². The topological polar surface area (TPSA) is 30.5 Å². The van der Waals surface area contributed by atoms with Crippen LogP contribution in [0.3, 0.4) is 0 Å². The minimum Gasteiger partial charge on any atom is -0.497 e. The van der Waals surface area contributed by atoms with Crippen molar-refractivity contribution in [2.45, 2.75) is 25.7 Å². The fraction of sp³-hybridized carbons (Fsp3) is 0.500. The zero-order valence-corrected chi connectivity index (χ0v) is 9.41. The largest absolute Gasteiger partial charge is 0.497 e. The van der Waals surface area contributed by atoms with Crippen LogP contribution in [0.4, 0.5) is 0 Å². The maximum Gasteiger partial charge on any atom is 0.135 e. The van der Waals surface area contributed by atoms with Crippen molar-refractivity contribution >= 4 is 0 Å². The highest BCUT2D eigenvalue weighted by Gasteiger charge is 2.31. The van der Waals surface area contributed by atoms with Crippen molar-refractivity contribution in [3.8, 4) is 5.75 Å². The molecule has 1 N–H and O–H groups in total. The van der Waals surface area contributed by atoms with Crippen molar-refractivity contribution in [1.82, 2.24) is 5.32 Å². The van der Waals surface area contributed by atoms with Crippen molar-refractivity contribution < 1.29 is 9.47 Å². The predicted molar refractivity (Wildman–Crippen MR) is 58.9 cm³/mol. The zero-order valence-electron chi connectivity index (χ0n) is 9.41. The molecule has 82 valence electrons. The summed E-state index contributed by atoms with van der Waals surface area (Å²) in [5.74, 6) is 0.864. The molecule has 3 heteroatoms. The molecule has 1 aliphatic rings. The van der Waals surface area contributed by atoms with Crippen molar-refractivity contribution in [2.24, 2.45) is 0 Å². The van der Waals surface area contributed by atoms with Crippen LogP contribution >= 0.6 is 0 Å². The summed E-state index contributed by atoms with van der Waals surface area (Å²) in [6.45, 7) is 5.04. The van der Waals surface area contributed by atoms with E-state index in [1.165, 1.54) is 0 Å². The van der Waals surface area contributed by atoms with E-state index >= 15 is 0 Å². The molecule has 1 aromatic rings. The molecule has 1 unspecified atom stereocenters. The van der Waals surface area contributed by atoms with Gasteiger partial charge in [-0.1, -0.05) is 12.1 Å². The molecule has 0 bridgehead atoms. The number of benzene rings is 1. The molecule has 1 heterocycles. The van der Waals surface area contributed by atoms with E-state index in [0.717, 1.165) is 17.9 Å². The van der Waals surface area contributed by atoms with E-state index in [-0.39, 0.29) is 11.8 Å². The lowest BCUT2D eigenvalue weighted by atomic mass is 10.1. The third kappa shape index (κ3) is 2.30. The van der Waals surface area contributed by atoms with Gasteiger partial charge < -0.3 is 9.47 Å². The summed E-state index contributed by atoms with van der Waals surface area (Å²) >= 11 is 0. The molecule has 0 spiro atoms. The first kappa shape index (κ1) is 10.5. The van der Waals surface area contributed by atoms with Gasteiger partial charge in [-0.2, -0.15) is 0 Å². The zero-order chi connectivity index (χ0) is 10.9. The molecule has 1 aliphatic heterocycles. The van der Waals surface area contributed by atoms with E-state index in [0.29, 0.717) is 0 Å². The maximum atomic E-state index is 5.87. The number of ether oxygens (including phenoxy) is 2. The van der Waals surface area contributed by atoms with Crippen molar-refractivity contribution in [3.05, 3.63) is 29.8 Å². The standard InChI is InChI=1S/C12H17NO2/c1-12(2)8-13-11(15-12)9-5-4-6-10(7-9)14-3/h4-7,11,13H,8H2,1-3H3. The van der Waals surface area contributed by atoms with Gasteiger partial charge in [0.25, 0.3) is 0 Å². The average Bonchev–Trinajstić information content (AvgIpc) is 2.59. The first-order chi connectivity index (χ1) is 7.11. The van der Waals surface area contributed by atoms with Crippen LogP contribution in [0.2, 0.25) is 0 Å². The van der Waals surface area contributed by atoms with Gasteiger partial charge in [0.15, 0.2) is 0 Å². The number of methoxy groups -OCH3 is 1. The summed E-state index contributed by atoms with van der Waals surface area (Å²) in [6, 6.07) is 7.95. The molecule has 0 radical (unpaired) electrons. The SMILES string of the molecule is COc1cccc(C2NCC(C)(C)O2)c1. The fourth-order valence-corrected chi connectivity index (χ4v) is 1.73. The highest BCUT2D eigenvalue weighted by Crippen LogP contribution is 2.29. The molecule has 2 rings (SSSR count). The van der Waals surface area contributed by atoms with E-state index in [9.17, 15) is 0 Å². The molecule has 1 saturated heterocycles. The second-order valence-electron chi connectivity index (χ2n) is 4.42. The van der Waals surface area contributed by atoms with Gasteiger partial charge in [0, 0.05) is 6.54 Å². The number of hydrogen-bond acceptors (Lipinski definition) is 3. The lowest BCUT2D eigenvalue weighted by Gasteiger charge is -2.18. The van der Waals surface area contributed by atoms with E-state index in [2.05, 4.69) is 19.2 Å². The highest BCUT2D eigenvalue weighted by molar-refractivity contribution is 5.30. The molecular formula is C12H17NO2. The summed E-state index contributed by atoms with van der Waals surface area (Å²) < 4.78 is 11.1. The summed E-state index contributed by atoms with van der Waals surface area (Å²) in [5, 5.41) is 3.34. The maximum absolute atomic E-state index is 5.87. The van der Waals surface area contributed by atoms with Crippen molar-refractivity contribution in [3.63, 3.8) is 0 Å². The van der Waals surface area contributed by atoms with Gasteiger partial charge in [-0.15, -0.1) is 0 Å². The second-order valence-corrected chi connectivity index (χ2v) is 4.42. The van der Waals surface area contributed by atoms with E-state index < -0.39 is 0 Å². The Morgan fingerprint density at radius 2 is 2.27 bits per heavy atom. The Kier molecular flexibility index (Phi) is 2.67. The van der Waals surface area contributed by atoms with Gasteiger partial charge >= 0.3 is 0 Å². The molecule has 15 heavy (non-hydrogen) atoms. The minimum absolute atomic E-state index is 0.0184. The van der Waals surface area contributed by atoms with Crippen LogP contribution in [0.25, 0.3) is 0 Å². The molecule has 0 amide bonds.